The van der Waals surface area contributed by atoms with Crippen molar-refractivity contribution in [1.29, 1.82) is 0 Å². The number of nitrogens with one attached hydrogen (secondary N) is 1. The molecule has 1 fully saturated rings. The van der Waals surface area contributed by atoms with Crippen LogP contribution in [0.15, 0.2) is 6.20 Å². The molecule has 0 spiro atoms. The molecular formula is C9H14ClN3. The SMILES string of the molecule is Cc1c(Cl)cnn1CC1CCNC1. The highest BCUT2D eigenvalue weighted by molar-refractivity contribution is 6.31. The molecule has 2 heterocycles. The fourth-order valence-electron chi connectivity index (χ4n) is 1.72. The zero-order valence-electron chi connectivity index (χ0n) is 7.76. The molecule has 1 aromatic rings. The Kier molecular flexibility index (Phi) is 2.56. The highest BCUT2D eigenvalue weighted by Crippen LogP contribution is 2.16. The van der Waals surface area contributed by atoms with Crippen molar-refractivity contribution >= 4 is 11.6 Å². The molecule has 13 heavy (non-hydrogen) atoms. The van der Waals surface area contributed by atoms with Crippen molar-refractivity contribution in [3.8, 4) is 0 Å². The maximum absolute atomic E-state index is 5.92. The van der Waals surface area contributed by atoms with Crippen molar-refractivity contribution in [1.82, 2.24) is 15.1 Å². The van der Waals surface area contributed by atoms with E-state index in [1.54, 1.807) is 6.20 Å². The monoisotopic (exact) mass is 199 g/mol. The summed E-state index contributed by atoms with van der Waals surface area (Å²) >= 11 is 5.92. The lowest BCUT2D eigenvalue weighted by Crippen LogP contribution is -2.16. The van der Waals surface area contributed by atoms with E-state index in [4.69, 9.17) is 11.6 Å². The van der Waals surface area contributed by atoms with Crippen molar-refractivity contribution in [2.75, 3.05) is 13.1 Å². The Balaban J connectivity index is 2.04. The molecule has 1 unspecified atom stereocenters. The molecule has 1 aliphatic rings. The molecule has 2 rings (SSSR count). The number of nitrogens with zero attached hydrogens (tertiary/aromatic N) is 2. The molecule has 3 nitrogen and oxygen atoms in total. The number of halogens is 1. The molecular weight excluding hydrogens is 186 g/mol. The largest absolute Gasteiger partial charge is 0.316 e. The first-order valence-corrected chi connectivity index (χ1v) is 5.04. The zero-order valence-corrected chi connectivity index (χ0v) is 8.51. The molecule has 0 amide bonds. The number of hydrogen-bond acceptors (Lipinski definition) is 2. The van der Waals surface area contributed by atoms with Gasteiger partial charge in [0, 0.05) is 6.54 Å². The highest BCUT2D eigenvalue weighted by atomic mass is 35.5. The maximum atomic E-state index is 5.92. The Morgan fingerprint density at radius 1 is 1.77 bits per heavy atom. The van der Waals surface area contributed by atoms with Crippen molar-refractivity contribution in [3.05, 3.63) is 16.9 Å². The average molecular weight is 200 g/mol. The normalized spacial score (nSPS) is 22.5. The number of rotatable bonds is 2. The summed E-state index contributed by atoms with van der Waals surface area (Å²) < 4.78 is 2.00. The third-order valence-corrected chi connectivity index (χ3v) is 3.01. The van der Waals surface area contributed by atoms with Crippen LogP contribution in [-0.2, 0) is 6.54 Å². The van der Waals surface area contributed by atoms with Crippen molar-refractivity contribution in [2.24, 2.45) is 5.92 Å². The predicted octanol–water partition coefficient (Wildman–Crippen LogP) is 1.45. The van der Waals surface area contributed by atoms with Crippen LogP contribution in [0.1, 0.15) is 12.1 Å². The molecule has 1 aliphatic heterocycles. The van der Waals surface area contributed by atoms with Gasteiger partial charge in [-0.05, 0) is 32.4 Å². The summed E-state index contributed by atoms with van der Waals surface area (Å²) in [5.41, 5.74) is 1.08. The molecule has 1 N–H and O–H groups in total. The van der Waals surface area contributed by atoms with Crippen LogP contribution in [-0.4, -0.2) is 22.9 Å². The van der Waals surface area contributed by atoms with Gasteiger partial charge >= 0.3 is 0 Å². The summed E-state index contributed by atoms with van der Waals surface area (Å²) in [6.07, 6.45) is 2.97. The van der Waals surface area contributed by atoms with Gasteiger partial charge < -0.3 is 5.32 Å². The van der Waals surface area contributed by atoms with Gasteiger partial charge in [-0.2, -0.15) is 5.10 Å². The van der Waals surface area contributed by atoms with E-state index in [9.17, 15) is 0 Å². The van der Waals surface area contributed by atoms with Crippen LogP contribution in [0.2, 0.25) is 5.02 Å². The Hall–Kier alpha value is -0.540. The summed E-state index contributed by atoms with van der Waals surface area (Å²) in [4.78, 5) is 0. The van der Waals surface area contributed by atoms with Gasteiger partial charge in [-0.3, -0.25) is 4.68 Å². The lowest BCUT2D eigenvalue weighted by Gasteiger charge is -2.09. The second kappa shape index (κ2) is 3.68. The molecule has 0 radical (unpaired) electrons. The minimum atomic E-state index is 0.717. The smallest absolute Gasteiger partial charge is 0.0814 e. The fraction of sp³-hybridized carbons (Fsp3) is 0.667. The number of hydrogen-bond donors (Lipinski definition) is 1. The average Bonchev–Trinajstić information content (AvgIpc) is 2.71. The van der Waals surface area contributed by atoms with Crippen molar-refractivity contribution < 1.29 is 0 Å². The summed E-state index contributed by atoms with van der Waals surface area (Å²) in [5.74, 6) is 0.717. The van der Waals surface area contributed by atoms with Gasteiger partial charge in [0.15, 0.2) is 0 Å². The molecule has 0 aromatic carbocycles. The van der Waals surface area contributed by atoms with Crippen LogP contribution in [0.5, 0.6) is 0 Å². The second-order valence-corrected chi connectivity index (χ2v) is 4.03. The van der Waals surface area contributed by atoms with Crippen LogP contribution in [0.4, 0.5) is 0 Å². The van der Waals surface area contributed by atoms with E-state index in [-0.39, 0.29) is 0 Å². The minimum absolute atomic E-state index is 0.717. The van der Waals surface area contributed by atoms with Gasteiger partial charge in [0.1, 0.15) is 0 Å². The van der Waals surface area contributed by atoms with Gasteiger partial charge in [0.05, 0.1) is 16.9 Å². The molecule has 1 saturated heterocycles. The van der Waals surface area contributed by atoms with E-state index in [1.165, 1.54) is 6.42 Å². The molecule has 0 saturated carbocycles. The molecule has 1 aromatic heterocycles. The van der Waals surface area contributed by atoms with Gasteiger partial charge in [-0.25, -0.2) is 0 Å². The van der Waals surface area contributed by atoms with Gasteiger partial charge in [0.25, 0.3) is 0 Å². The van der Waals surface area contributed by atoms with Crippen LogP contribution in [0, 0.1) is 12.8 Å². The molecule has 1 atom stereocenters. The van der Waals surface area contributed by atoms with E-state index in [2.05, 4.69) is 10.4 Å². The fourth-order valence-corrected chi connectivity index (χ4v) is 1.86. The van der Waals surface area contributed by atoms with E-state index >= 15 is 0 Å². The molecule has 72 valence electrons. The zero-order chi connectivity index (χ0) is 9.26. The summed E-state index contributed by atoms with van der Waals surface area (Å²) in [5, 5.41) is 8.35. The summed E-state index contributed by atoms with van der Waals surface area (Å²) in [7, 11) is 0. The summed E-state index contributed by atoms with van der Waals surface area (Å²) in [6.45, 7) is 5.25. The van der Waals surface area contributed by atoms with E-state index in [0.717, 1.165) is 36.3 Å². The molecule has 0 aliphatic carbocycles. The number of aromatic nitrogens is 2. The predicted molar refractivity (Wildman–Crippen MR) is 53.0 cm³/mol. The molecule has 4 heteroatoms. The minimum Gasteiger partial charge on any atom is -0.316 e. The maximum Gasteiger partial charge on any atom is 0.0814 e. The Morgan fingerprint density at radius 2 is 2.62 bits per heavy atom. The van der Waals surface area contributed by atoms with Crippen LogP contribution >= 0.6 is 11.6 Å². The quantitative estimate of drug-likeness (QED) is 0.782. The van der Waals surface area contributed by atoms with Gasteiger partial charge in [-0.1, -0.05) is 11.6 Å². The lowest BCUT2D eigenvalue weighted by atomic mass is 10.1. The second-order valence-electron chi connectivity index (χ2n) is 3.62. The first-order valence-electron chi connectivity index (χ1n) is 4.66. The highest BCUT2D eigenvalue weighted by Gasteiger charge is 2.16. The summed E-state index contributed by atoms with van der Waals surface area (Å²) in [6, 6.07) is 0. The first-order chi connectivity index (χ1) is 6.27. The van der Waals surface area contributed by atoms with Crippen LogP contribution < -0.4 is 5.32 Å². The topological polar surface area (TPSA) is 29.9 Å². The Bertz CT molecular complexity index is 289. The lowest BCUT2D eigenvalue weighted by molar-refractivity contribution is 0.443. The Labute approximate surface area is 83.1 Å². The third-order valence-electron chi connectivity index (χ3n) is 2.64. The molecule has 0 bridgehead atoms. The van der Waals surface area contributed by atoms with E-state index < -0.39 is 0 Å². The Morgan fingerprint density at radius 3 is 3.15 bits per heavy atom. The van der Waals surface area contributed by atoms with Gasteiger partial charge in [-0.15, -0.1) is 0 Å². The van der Waals surface area contributed by atoms with Crippen LogP contribution in [0.25, 0.3) is 0 Å². The van der Waals surface area contributed by atoms with E-state index in [0.29, 0.717) is 0 Å². The first kappa shape index (κ1) is 9.03. The van der Waals surface area contributed by atoms with Crippen molar-refractivity contribution in [2.45, 2.75) is 19.9 Å². The van der Waals surface area contributed by atoms with Gasteiger partial charge in [0.2, 0.25) is 0 Å². The standard InChI is InChI=1S/C9H14ClN3/c1-7-9(10)5-12-13(7)6-8-2-3-11-4-8/h5,8,11H,2-4,6H2,1H3. The van der Waals surface area contributed by atoms with E-state index in [1.807, 2.05) is 11.6 Å². The third kappa shape index (κ3) is 1.86. The van der Waals surface area contributed by atoms with Crippen molar-refractivity contribution in [3.63, 3.8) is 0 Å². The van der Waals surface area contributed by atoms with Crippen LogP contribution in [0.3, 0.4) is 0 Å².